The highest BCUT2D eigenvalue weighted by molar-refractivity contribution is 8.00. The highest BCUT2D eigenvalue weighted by Gasteiger charge is 2.32. The van der Waals surface area contributed by atoms with Crippen molar-refractivity contribution < 1.29 is 19.2 Å². The molecule has 1 aliphatic rings. The van der Waals surface area contributed by atoms with Crippen molar-refractivity contribution in [3.8, 4) is 0 Å². The Morgan fingerprint density at radius 1 is 0.676 bits per heavy atom. The number of amides is 2. The van der Waals surface area contributed by atoms with E-state index in [4.69, 9.17) is 0 Å². The molecule has 0 bridgehead atoms. The minimum absolute atomic E-state index is 0.163. The molecule has 2 N–H and O–H groups in total. The highest BCUT2D eigenvalue weighted by Crippen LogP contribution is 2.38. The third-order valence-electron chi connectivity index (χ3n) is 5.98. The van der Waals surface area contributed by atoms with Crippen LogP contribution in [0.3, 0.4) is 0 Å². The van der Waals surface area contributed by atoms with Crippen molar-refractivity contribution in [1.29, 1.82) is 0 Å². The Kier molecular flexibility index (Phi) is 6.70. The van der Waals surface area contributed by atoms with Crippen LogP contribution in [0.5, 0.6) is 0 Å². The molecule has 1 aliphatic carbocycles. The quantitative estimate of drug-likeness (QED) is 0.280. The minimum atomic E-state index is -0.634. The maximum atomic E-state index is 13.7. The van der Waals surface area contributed by atoms with Crippen molar-refractivity contribution in [2.24, 2.45) is 0 Å². The third kappa shape index (κ3) is 4.94. The summed E-state index contributed by atoms with van der Waals surface area (Å²) in [6.07, 6.45) is 0. The maximum absolute atomic E-state index is 13.7. The Morgan fingerprint density at radius 3 is 1.97 bits per heavy atom. The predicted molar refractivity (Wildman–Crippen MR) is 144 cm³/mol. The van der Waals surface area contributed by atoms with Crippen LogP contribution in [0.4, 0.5) is 11.4 Å². The van der Waals surface area contributed by atoms with E-state index in [0.717, 1.165) is 10.5 Å². The van der Waals surface area contributed by atoms with Crippen LogP contribution in [-0.2, 0) is 9.59 Å². The zero-order valence-electron chi connectivity index (χ0n) is 19.9. The second-order valence-corrected chi connectivity index (χ2v) is 9.71. The summed E-state index contributed by atoms with van der Waals surface area (Å²) in [6.45, 7) is 1.44. The van der Waals surface area contributed by atoms with Crippen LogP contribution in [0.1, 0.15) is 49.6 Å². The first-order chi connectivity index (χ1) is 17.9. The molecule has 37 heavy (non-hydrogen) atoms. The van der Waals surface area contributed by atoms with E-state index in [1.54, 1.807) is 54.6 Å². The molecule has 0 spiro atoms. The van der Waals surface area contributed by atoms with E-state index in [9.17, 15) is 19.2 Å². The van der Waals surface area contributed by atoms with Crippen LogP contribution in [-0.4, -0.2) is 23.4 Å². The molecule has 7 heteroatoms. The van der Waals surface area contributed by atoms with Crippen molar-refractivity contribution in [1.82, 2.24) is 0 Å². The summed E-state index contributed by atoms with van der Waals surface area (Å²) < 4.78 is 0. The van der Waals surface area contributed by atoms with Gasteiger partial charge in [0.15, 0.2) is 11.6 Å². The van der Waals surface area contributed by atoms with Crippen molar-refractivity contribution >= 4 is 46.5 Å². The molecule has 1 atom stereocenters. The fourth-order valence-electron chi connectivity index (χ4n) is 4.30. The summed E-state index contributed by atoms with van der Waals surface area (Å²) in [5.74, 6) is -1.02. The molecule has 0 saturated heterocycles. The average Bonchev–Trinajstić information content (AvgIpc) is 2.91. The van der Waals surface area contributed by atoms with E-state index in [1.165, 1.54) is 18.7 Å². The van der Waals surface area contributed by atoms with Gasteiger partial charge in [0.05, 0.1) is 11.3 Å². The lowest BCUT2D eigenvalue weighted by Gasteiger charge is -2.22. The molecule has 4 aromatic rings. The lowest BCUT2D eigenvalue weighted by atomic mass is 9.83. The van der Waals surface area contributed by atoms with E-state index in [-0.39, 0.29) is 34.5 Å². The van der Waals surface area contributed by atoms with Gasteiger partial charge in [-0.1, -0.05) is 66.7 Å². The Hall–Kier alpha value is -4.49. The third-order valence-corrected chi connectivity index (χ3v) is 7.25. The van der Waals surface area contributed by atoms with Gasteiger partial charge in [-0.05, 0) is 35.9 Å². The molecule has 0 aromatic heterocycles. The van der Waals surface area contributed by atoms with Crippen molar-refractivity contribution in [2.75, 3.05) is 10.6 Å². The van der Waals surface area contributed by atoms with E-state index < -0.39 is 5.25 Å². The van der Waals surface area contributed by atoms with Crippen LogP contribution in [0.25, 0.3) is 0 Å². The fraction of sp³-hybridized carbons (Fsp3) is 0.0667. The molecular weight excluding hydrogens is 484 g/mol. The van der Waals surface area contributed by atoms with Crippen molar-refractivity contribution in [2.45, 2.75) is 17.1 Å². The lowest BCUT2D eigenvalue weighted by Crippen LogP contribution is -2.25. The van der Waals surface area contributed by atoms with Gasteiger partial charge in [0.25, 0.3) is 0 Å². The van der Waals surface area contributed by atoms with Crippen molar-refractivity contribution in [3.63, 3.8) is 0 Å². The molecule has 0 radical (unpaired) electrons. The topological polar surface area (TPSA) is 92.3 Å². The lowest BCUT2D eigenvalue weighted by molar-refractivity contribution is -0.116. The number of fused-ring (bicyclic) bond motifs is 2. The second kappa shape index (κ2) is 10.2. The number of carbonyl (C=O) groups is 4. The van der Waals surface area contributed by atoms with E-state index in [2.05, 4.69) is 10.6 Å². The first kappa shape index (κ1) is 24.2. The smallest absolute Gasteiger partial charge is 0.242 e. The molecule has 2 amide bonds. The first-order valence-corrected chi connectivity index (χ1v) is 12.5. The Balaban J connectivity index is 1.46. The van der Waals surface area contributed by atoms with Gasteiger partial charge in [-0.25, -0.2) is 0 Å². The van der Waals surface area contributed by atoms with Gasteiger partial charge in [-0.15, -0.1) is 11.8 Å². The zero-order valence-corrected chi connectivity index (χ0v) is 20.7. The van der Waals surface area contributed by atoms with Crippen LogP contribution >= 0.6 is 11.8 Å². The molecule has 6 nitrogen and oxygen atoms in total. The number of ketones is 2. The number of hydrogen-bond donors (Lipinski definition) is 2. The van der Waals surface area contributed by atoms with Gasteiger partial charge in [0.1, 0.15) is 5.25 Å². The number of benzene rings is 4. The Bertz CT molecular complexity index is 1530. The van der Waals surface area contributed by atoms with Crippen LogP contribution in [0, 0.1) is 0 Å². The molecule has 4 aromatic carbocycles. The number of anilines is 2. The largest absolute Gasteiger partial charge is 0.326 e. The van der Waals surface area contributed by atoms with Crippen LogP contribution < -0.4 is 10.6 Å². The minimum Gasteiger partial charge on any atom is -0.326 e. The van der Waals surface area contributed by atoms with Gasteiger partial charge in [-0.3, -0.25) is 19.2 Å². The second-order valence-electron chi connectivity index (χ2n) is 8.54. The molecule has 0 saturated carbocycles. The summed E-state index contributed by atoms with van der Waals surface area (Å²) in [6, 6.07) is 28.2. The van der Waals surface area contributed by atoms with Crippen molar-refractivity contribution in [3.05, 3.63) is 125 Å². The summed E-state index contributed by atoms with van der Waals surface area (Å²) >= 11 is 1.35. The monoisotopic (exact) mass is 506 g/mol. The molecule has 1 unspecified atom stereocenters. The molecule has 5 rings (SSSR count). The zero-order chi connectivity index (χ0) is 25.9. The molecular formula is C30H22N2O4S. The van der Waals surface area contributed by atoms with E-state index in [0.29, 0.717) is 22.5 Å². The highest BCUT2D eigenvalue weighted by atomic mass is 32.2. The Morgan fingerprint density at radius 2 is 1.30 bits per heavy atom. The van der Waals surface area contributed by atoms with Gasteiger partial charge < -0.3 is 10.6 Å². The average molecular weight is 507 g/mol. The number of carbonyl (C=O) groups excluding carboxylic acids is 4. The molecule has 0 heterocycles. The normalized spacial score (nSPS) is 12.8. The van der Waals surface area contributed by atoms with Gasteiger partial charge in [0, 0.05) is 34.2 Å². The fourth-order valence-corrected chi connectivity index (χ4v) is 5.33. The van der Waals surface area contributed by atoms with Crippen LogP contribution in [0.15, 0.2) is 102 Å². The first-order valence-electron chi connectivity index (χ1n) is 11.6. The SMILES string of the molecule is CC(=O)Nc1ccc(SC(C(=O)Nc2cccc3c2C(=O)c2ccccc2C3=O)c2ccccc2)cc1. The maximum Gasteiger partial charge on any atom is 0.242 e. The Labute approximate surface area is 218 Å². The number of hydrogen-bond acceptors (Lipinski definition) is 5. The predicted octanol–water partition coefficient (Wildman–Crippen LogP) is 5.89. The molecule has 0 aliphatic heterocycles. The molecule has 182 valence electrons. The number of rotatable bonds is 6. The van der Waals surface area contributed by atoms with E-state index in [1.807, 2.05) is 42.5 Å². The molecule has 0 fully saturated rings. The number of thioether (sulfide) groups is 1. The van der Waals surface area contributed by atoms with Gasteiger partial charge in [0.2, 0.25) is 11.8 Å². The number of nitrogens with one attached hydrogen (secondary N) is 2. The summed E-state index contributed by atoms with van der Waals surface area (Å²) in [5, 5.41) is 5.01. The van der Waals surface area contributed by atoms with Gasteiger partial charge in [-0.2, -0.15) is 0 Å². The summed E-state index contributed by atoms with van der Waals surface area (Å²) in [7, 11) is 0. The summed E-state index contributed by atoms with van der Waals surface area (Å²) in [5.41, 5.74) is 2.93. The van der Waals surface area contributed by atoms with Gasteiger partial charge >= 0.3 is 0 Å². The van der Waals surface area contributed by atoms with E-state index >= 15 is 0 Å². The summed E-state index contributed by atoms with van der Waals surface area (Å²) in [4.78, 5) is 52.3. The standard InChI is InChI=1S/C30H22N2O4S/c1-18(33)31-20-14-16-21(17-15-20)37-29(19-8-3-2-4-9-19)30(36)32-25-13-7-12-24-26(25)28(35)23-11-6-5-10-22(23)27(24)34/h2-17,29H,1H3,(H,31,33)(H,32,36). The van der Waals surface area contributed by atoms with Crippen LogP contribution in [0.2, 0.25) is 0 Å².